The predicted molar refractivity (Wildman–Crippen MR) is 93.1 cm³/mol. The van der Waals surface area contributed by atoms with Gasteiger partial charge in [-0.3, -0.25) is 0 Å². The van der Waals surface area contributed by atoms with Crippen LogP contribution in [0.2, 0.25) is 0 Å². The van der Waals surface area contributed by atoms with Gasteiger partial charge in [-0.2, -0.15) is 9.97 Å². The van der Waals surface area contributed by atoms with Crippen molar-refractivity contribution in [2.75, 3.05) is 58.5 Å². The summed E-state index contributed by atoms with van der Waals surface area (Å²) in [6, 6.07) is 1.65. The molecule has 2 fully saturated rings. The summed E-state index contributed by atoms with van der Waals surface area (Å²) in [5.41, 5.74) is 0. The van der Waals surface area contributed by atoms with Gasteiger partial charge in [-0.1, -0.05) is 0 Å². The summed E-state index contributed by atoms with van der Waals surface area (Å²) >= 11 is 0. The molecule has 2 aliphatic heterocycles. The molecule has 0 aliphatic carbocycles. The fourth-order valence-electron chi connectivity index (χ4n) is 3.69. The van der Waals surface area contributed by atoms with E-state index in [0.29, 0.717) is 30.2 Å². The van der Waals surface area contributed by atoms with Gasteiger partial charge in [-0.25, -0.2) is 0 Å². The third kappa shape index (κ3) is 4.31. The maximum atomic E-state index is 9.80. The molecule has 25 heavy (non-hydrogen) atoms. The topological polar surface area (TPSA) is 91.2 Å². The number of ether oxygens (including phenoxy) is 2. The van der Waals surface area contributed by atoms with Crippen LogP contribution in [0.15, 0.2) is 6.07 Å². The van der Waals surface area contributed by atoms with Crippen LogP contribution in [0.3, 0.4) is 0 Å². The number of piperidine rings is 1. The summed E-state index contributed by atoms with van der Waals surface area (Å²) in [5, 5.41) is 19.5. The van der Waals surface area contributed by atoms with E-state index in [1.165, 1.54) is 0 Å². The molecule has 8 heteroatoms. The van der Waals surface area contributed by atoms with Crippen LogP contribution in [0, 0.1) is 11.8 Å². The molecule has 1 aromatic rings. The molecule has 2 atom stereocenters. The number of aliphatic hydroxyl groups is 2. The van der Waals surface area contributed by atoms with Crippen LogP contribution in [-0.2, 0) is 0 Å². The summed E-state index contributed by atoms with van der Waals surface area (Å²) in [6.45, 7) is 4.42. The van der Waals surface area contributed by atoms with Crippen LogP contribution >= 0.6 is 0 Å². The third-order valence-electron chi connectivity index (χ3n) is 5.23. The van der Waals surface area contributed by atoms with Gasteiger partial charge in [-0.05, 0) is 18.8 Å². The van der Waals surface area contributed by atoms with Gasteiger partial charge in [0, 0.05) is 45.2 Å². The molecule has 2 aliphatic rings. The zero-order valence-corrected chi connectivity index (χ0v) is 15.0. The zero-order chi connectivity index (χ0) is 17.8. The molecular formula is C17H28N4O4. The largest absolute Gasteiger partial charge is 0.481 e. The number of aliphatic hydroxyl groups excluding tert-OH is 2. The average Bonchev–Trinajstić information content (AvgIpc) is 3.06. The minimum atomic E-state index is -0.164. The Kier molecular flexibility index (Phi) is 5.93. The maximum Gasteiger partial charge on any atom is 0.231 e. The maximum absolute atomic E-state index is 9.80. The molecule has 140 valence electrons. The lowest BCUT2D eigenvalue weighted by atomic mass is 9.95. The van der Waals surface area contributed by atoms with Crippen LogP contribution < -0.4 is 14.4 Å². The number of hydrogen-bond acceptors (Lipinski definition) is 8. The molecule has 8 nitrogen and oxygen atoms in total. The van der Waals surface area contributed by atoms with Crippen molar-refractivity contribution in [1.82, 2.24) is 14.9 Å². The average molecular weight is 352 g/mol. The first-order valence-electron chi connectivity index (χ1n) is 8.86. The van der Waals surface area contributed by atoms with Gasteiger partial charge < -0.3 is 29.5 Å². The van der Waals surface area contributed by atoms with E-state index in [0.717, 1.165) is 39.0 Å². The van der Waals surface area contributed by atoms with Crippen molar-refractivity contribution in [2.24, 2.45) is 11.8 Å². The van der Waals surface area contributed by atoms with Crippen molar-refractivity contribution in [3.8, 4) is 11.8 Å². The highest BCUT2D eigenvalue weighted by Gasteiger charge is 2.35. The predicted octanol–water partition coefficient (Wildman–Crippen LogP) is -0.00480. The molecule has 0 radical (unpaired) electrons. The second-order valence-corrected chi connectivity index (χ2v) is 6.89. The second kappa shape index (κ2) is 8.16. The summed E-state index contributed by atoms with van der Waals surface area (Å²) in [5.74, 6) is 2.05. The summed E-state index contributed by atoms with van der Waals surface area (Å²) in [4.78, 5) is 13.3. The fourth-order valence-corrected chi connectivity index (χ4v) is 3.69. The van der Waals surface area contributed by atoms with E-state index >= 15 is 0 Å². The van der Waals surface area contributed by atoms with Crippen molar-refractivity contribution in [2.45, 2.75) is 18.9 Å². The number of likely N-dealkylation sites (tertiary alicyclic amines) is 1. The number of anilines is 1. The first-order valence-corrected chi connectivity index (χ1v) is 8.86. The molecule has 0 amide bonds. The van der Waals surface area contributed by atoms with Crippen LogP contribution in [0.1, 0.15) is 12.8 Å². The number of hydrogen-bond donors (Lipinski definition) is 2. The Bertz CT molecular complexity index is 543. The molecule has 2 N–H and O–H groups in total. The normalized spacial score (nSPS) is 25.4. The van der Waals surface area contributed by atoms with Gasteiger partial charge in [0.05, 0.1) is 26.4 Å². The van der Waals surface area contributed by atoms with Crippen LogP contribution in [-0.4, -0.2) is 84.7 Å². The fraction of sp³-hybridized carbons (Fsp3) is 0.765. The molecule has 3 rings (SSSR count). The Morgan fingerprint density at radius 2 is 1.68 bits per heavy atom. The van der Waals surface area contributed by atoms with Crippen LogP contribution in [0.5, 0.6) is 11.8 Å². The van der Waals surface area contributed by atoms with Gasteiger partial charge in [0.1, 0.15) is 0 Å². The lowest BCUT2D eigenvalue weighted by Crippen LogP contribution is -2.40. The van der Waals surface area contributed by atoms with Gasteiger partial charge in [0.25, 0.3) is 0 Å². The first-order chi connectivity index (χ1) is 12.1. The monoisotopic (exact) mass is 352 g/mol. The second-order valence-electron chi connectivity index (χ2n) is 6.89. The molecule has 3 heterocycles. The zero-order valence-electron chi connectivity index (χ0n) is 15.0. The molecule has 0 aromatic carbocycles. The van der Waals surface area contributed by atoms with Crippen molar-refractivity contribution in [1.29, 1.82) is 0 Å². The van der Waals surface area contributed by atoms with Crippen LogP contribution in [0.4, 0.5) is 5.95 Å². The van der Waals surface area contributed by atoms with Crippen molar-refractivity contribution < 1.29 is 19.7 Å². The number of aromatic nitrogens is 2. The number of methoxy groups -OCH3 is 2. The van der Waals surface area contributed by atoms with Crippen LogP contribution in [0.25, 0.3) is 0 Å². The Morgan fingerprint density at radius 1 is 1.08 bits per heavy atom. The minimum absolute atomic E-state index is 0.152. The van der Waals surface area contributed by atoms with Crippen molar-refractivity contribution in [3.05, 3.63) is 6.07 Å². The minimum Gasteiger partial charge on any atom is -0.481 e. The first kappa shape index (κ1) is 18.2. The molecule has 0 bridgehead atoms. The Labute approximate surface area is 148 Å². The summed E-state index contributed by atoms with van der Waals surface area (Å²) in [6.07, 6.45) is 1.50. The number of rotatable bonds is 6. The van der Waals surface area contributed by atoms with E-state index in [4.69, 9.17) is 9.47 Å². The van der Waals surface area contributed by atoms with Gasteiger partial charge in [-0.15, -0.1) is 0 Å². The Morgan fingerprint density at radius 3 is 2.24 bits per heavy atom. The van der Waals surface area contributed by atoms with Gasteiger partial charge in [0.2, 0.25) is 17.7 Å². The standard InChI is InChI=1S/C17H28N4O4/c1-24-15-7-16(25-2)19-17(18-15)21-9-12(13(10-21)11-22)8-20-5-3-14(23)4-6-20/h7,12-14,22-23H,3-6,8-11H2,1-2H3/t12-,13-/m1/s1. The third-order valence-corrected chi connectivity index (χ3v) is 5.23. The Balaban J connectivity index is 1.68. The van der Waals surface area contributed by atoms with E-state index in [-0.39, 0.29) is 18.6 Å². The SMILES string of the molecule is COc1cc(OC)nc(N2C[C@@H](CN3CCC(O)CC3)[C@@H](CO)C2)n1. The lowest BCUT2D eigenvalue weighted by Gasteiger charge is -2.32. The lowest BCUT2D eigenvalue weighted by molar-refractivity contribution is 0.0687. The molecule has 0 saturated carbocycles. The van der Waals surface area contributed by atoms with E-state index in [2.05, 4.69) is 19.8 Å². The Hall–Kier alpha value is -1.64. The molecule has 0 unspecified atom stereocenters. The highest BCUT2D eigenvalue weighted by atomic mass is 16.5. The highest BCUT2D eigenvalue weighted by molar-refractivity contribution is 5.38. The summed E-state index contributed by atoms with van der Waals surface area (Å²) in [7, 11) is 3.14. The smallest absolute Gasteiger partial charge is 0.231 e. The van der Waals surface area contributed by atoms with E-state index in [1.54, 1.807) is 20.3 Å². The molecule has 1 aromatic heterocycles. The molecular weight excluding hydrogens is 324 g/mol. The van der Waals surface area contributed by atoms with Gasteiger partial charge in [0.15, 0.2) is 0 Å². The van der Waals surface area contributed by atoms with Crippen molar-refractivity contribution >= 4 is 5.95 Å². The molecule has 2 saturated heterocycles. The summed E-state index contributed by atoms with van der Waals surface area (Å²) < 4.78 is 10.5. The van der Waals surface area contributed by atoms with Gasteiger partial charge >= 0.3 is 0 Å². The highest BCUT2D eigenvalue weighted by Crippen LogP contribution is 2.30. The van der Waals surface area contributed by atoms with E-state index in [1.807, 2.05) is 0 Å². The quantitative estimate of drug-likeness (QED) is 0.739. The van der Waals surface area contributed by atoms with E-state index < -0.39 is 0 Å². The van der Waals surface area contributed by atoms with E-state index in [9.17, 15) is 10.2 Å². The number of nitrogens with zero attached hydrogens (tertiary/aromatic N) is 4. The van der Waals surface area contributed by atoms with Crippen molar-refractivity contribution in [3.63, 3.8) is 0 Å². The molecule has 0 spiro atoms.